The van der Waals surface area contributed by atoms with Crippen molar-refractivity contribution < 1.29 is 14.5 Å². The topological polar surface area (TPSA) is 27.7 Å². The fourth-order valence-corrected chi connectivity index (χ4v) is 2.81. The largest absolute Gasteiger partial charge is 0.310 e. The van der Waals surface area contributed by atoms with Crippen molar-refractivity contribution >= 4 is 5.57 Å². The van der Waals surface area contributed by atoms with Gasteiger partial charge < -0.3 is 4.74 Å². The number of benzene rings is 3. The maximum atomic E-state index is 5.90. The van der Waals surface area contributed by atoms with E-state index in [9.17, 15) is 0 Å². The Labute approximate surface area is 147 Å². The molecule has 0 aromatic heterocycles. The Hall–Kier alpha value is -2.72. The van der Waals surface area contributed by atoms with E-state index in [1.54, 1.807) is 0 Å². The number of ether oxygens (including phenoxy) is 1. The van der Waals surface area contributed by atoms with E-state index in [4.69, 9.17) is 14.5 Å². The van der Waals surface area contributed by atoms with E-state index in [0.29, 0.717) is 0 Å². The summed E-state index contributed by atoms with van der Waals surface area (Å²) in [4.78, 5) is 10.8. The molecule has 3 aromatic rings. The highest BCUT2D eigenvalue weighted by Crippen LogP contribution is 2.31. The fraction of sp³-hybridized carbons (Fsp3) is 0.0909. The van der Waals surface area contributed by atoms with Crippen LogP contribution >= 0.6 is 0 Å². The Balaban J connectivity index is 1.62. The summed E-state index contributed by atoms with van der Waals surface area (Å²) in [6, 6.07) is 30.1. The summed E-state index contributed by atoms with van der Waals surface area (Å²) in [6.07, 6.45) is 0.865. The second-order valence-electron chi connectivity index (χ2n) is 5.75. The van der Waals surface area contributed by atoms with Crippen LogP contribution in [0.5, 0.6) is 0 Å². The van der Waals surface area contributed by atoms with E-state index >= 15 is 0 Å². The van der Waals surface area contributed by atoms with Crippen LogP contribution in [-0.4, -0.2) is 6.29 Å². The minimum atomic E-state index is -0.569. The van der Waals surface area contributed by atoms with Crippen LogP contribution in [-0.2, 0) is 14.5 Å². The van der Waals surface area contributed by atoms with Crippen LogP contribution < -0.4 is 0 Å². The molecule has 25 heavy (non-hydrogen) atoms. The van der Waals surface area contributed by atoms with Gasteiger partial charge in [-0.15, -0.1) is 0 Å². The van der Waals surface area contributed by atoms with Gasteiger partial charge in [0.2, 0.25) is 12.6 Å². The minimum absolute atomic E-state index is 0.518. The van der Waals surface area contributed by atoms with Crippen LogP contribution in [0.25, 0.3) is 5.57 Å². The van der Waals surface area contributed by atoms with Gasteiger partial charge in [-0.05, 0) is 22.8 Å². The monoisotopic (exact) mass is 330 g/mol. The molecule has 1 aliphatic rings. The van der Waals surface area contributed by atoms with E-state index in [-0.39, 0.29) is 0 Å². The second-order valence-corrected chi connectivity index (χ2v) is 5.75. The molecule has 0 aliphatic carbocycles. The van der Waals surface area contributed by atoms with Crippen molar-refractivity contribution in [3.8, 4) is 0 Å². The van der Waals surface area contributed by atoms with Gasteiger partial charge in [-0.1, -0.05) is 91.0 Å². The first kappa shape index (κ1) is 15.8. The Morgan fingerprint density at radius 3 is 1.72 bits per heavy atom. The van der Waals surface area contributed by atoms with Crippen LogP contribution in [0.15, 0.2) is 97.1 Å². The molecule has 0 N–H and O–H groups in total. The third kappa shape index (κ3) is 3.69. The average Bonchev–Trinajstić information content (AvgIpc) is 3.17. The maximum Gasteiger partial charge on any atom is 0.220 e. The van der Waals surface area contributed by atoms with Gasteiger partial charge in [-0.2, -0.15) is 9.78 Å². The fourth-order valence-electron chi connectivity index (χ4n) is 2.81. The summed E-state index contributed by atoms with van der Waals surface area (Å²) < 4.78 is 5.90. The Bertz CT molecular complexity index is 787. The molecule has 1 heterocycles. The molecule has 0 amide bonds. The summed E-state index contributed by atoms with van der Waals surface area (Å²) in [5, 5.41) is 0. The lowest BCUT2D eigenvalue weighted by molar-refractivity contribution is -0.291. The Morgan fingerprint density at radius 2 is 1.16 bits per heavy atom. The first-order valence-corrected chi connectivity index (χ1v) is 8.25. The molecule has 0 bridgehead atoms. The van der Waals surface area contributed by atoms with Crippen molar-refractivity contribution in [2.45, 2.75) is 12.6 Å². The summed E-state index contributed by atoms with van der Waals surface area (Å²) in [6.45, 7) is 0. The second kappa shape index (κ2) is 7.45. The van der Waals surface area contributed by atoms with Crippen LogP contribution in [0.3, 0.4) is 0 Å². The number of hydrogen-bond donors (Lipinski definition) is 0. The van der Waals surface area contributed by atoms with Crippen molar-refractivity contribution in [3.05, 3.63) is 114 Å². The highest BCUT2D eigenvalue weighted by Gasteiger charge is 2.28. The number of hydrogen-bond acceptors (Lipinski definition) is 3. The molecule has 1 aliphatic heterocycles. The van der Waals surface area contributed by atoms with Gasteiger partial charge in [-0.3, -0.25) is 0 Å². The molecule has 0 saturated carbocycles. The molecule has 3 heteroatoms. The molecule has 2 atom stereocenters. The molecule has 2 unspecified atom stereocenters. The highest BCUT2D eigenvalue weighted by atomic mass is 17.3. The van der Waals surface area contributed by atoms with Crippen molar-refractivity contribution in [1.29, 1.82) is 0 Å². The Kier molecular flexibility index (Phi) is 4.70. The van der Waals surface area contributed by atoms with Crippen molar-refractivity contribution in [2.75, 3.05) is 0 Å². The van der Waals surface area contributed by atoms with Gasteiger partial charge in [0.05, 0.1) is 0 Å². The molecule has 0 radical (unpaired) electrons. The standard InChI is InChI=1S/C22H18O3/c1-4-10-17(11-5-1)20(18-12-6-2-7-13-18)16-21-23-22(25-24-21)19-14-8-3-9-15-19/h1-16,21-22H. The van der Waals surface area contributed by atoms with E-state index in [0.717, 1.165) is 22.3 Å². The molecule has 4 rings (SSSR count). The smallest absolute Gasteiger partial charge is 0.220 e. The van der Waals surface area contributed by atoms with Gasteiger partial charge in [0.15, 0.2) is 0 Å². The summed E-state index contributed by atoms with van der Waals surface area (Å²) in [5.74, 6) is 0. The van der Waals surface area contributed by atoms with Gasteiger partial charge in [0, 0.05) is 5.56 Å². The van der Waals surface area contributed by atoms with Gasteiger partial charge >= 0.3 is 0 Å². The normalized spacial score (nSPS) is 19.5. The van der Waals surface area contributed by atoms with Gasteiger partial charge in [0.1, 0.15) is 0 Å². The van der Waals surface area contributed by atoms with Gasteiger partial charge in [0.25, 0.3) is 0 Å². The zero-order chi connectivity index (χ0) is 16.9. The first-order valence-electron chi connectivity index (χ1n) is 8.25. The van der Waals surface area contributed by atoms with E-state index < -0.39 is 12.6 Å². The van der Waals surface area contributed by atoms with Crippen molar-refractivity contribution in [2.24, 2.45) is 0 Å². The van der Waals surface area contributed by atoms with Crippen LogP contribution in [0, 0.1) is 0 Å². The first-order chi connectivity index (χ1) is 12.4. The Morgan fingerprint density at radius 1 is 0.640 bits per heavy atom. The third-order valence-corrected chi connectivity index (χ3v) is 4.04. The maximum absolute atomic E-state index is 5.90. The minimum Gasteiger partial charge on any atom is -0.310 e. The molecule has 3 nitrogen and oxygen atoms in total. The molecule has 124 valence electrons. The zero-order valence-electron chi connectivity index (χ0n) is 13.6. The zero-order valence-corrected chi connectivity index (χ0v) is 13.6. The highest BCUT2D eigenvalue weighted by molar-refractivity contribution is 5.79. The quantitative estimate of drug-likeness (QED) is 0.621. The summed E-state index contributed by atoms with van der Waals surface area (Å²) in [7, 11) is 0. The average molecular weight is 330 g/mol. The molecule has 1 saturated heterocycles. The molecular weight excluding hydrogens is 312 g/mol. The van der Waals surface area contributed by atoms with Crippen LogP contribution in [0.1, 0.15) is 23.0 Å². The summed E-state index contributed by atoms with van der Waals surface area (Å²) >= 11 is 0. The lowest BCUT2D eigenvalue weighted by Gasteiger charge is -2.11. The van der Waals surface area contributed by atoms with Crippen molar-refractivity contribution in [1.82, 2.24) is 0 Å². The predicted molar refractivity (Wildman–Crippen MR) is 96.2 cm³/mol. The molecule has 0 spiro atoms. The summed E-state index contributed by atoms with van der Waals surface area (Å²) in [5.41, 5.74) is 4.18. The van der Waals surface area contributed by atoms with Crippen molar-refractivity contribution in [3.63, 3.8) is 0 Å². The number of rotatable bonds is 4. The van der Waals surface area contributed by atoms with Crippen LogP contribution in [0.2, 0.25) is 0 Å². The molecular formula is C22H18O3. The SMILES string of the molecule is C(=C(c1ccccc1)c1ccccc1)C1OOC(c2ccccc2)O1. The lowest BCUT2D eigenvalue weighted by atomic mass is 9.97. The molecule has 3 aromatic carbocycles. The lowest BCUT2D eigenvalue weighted by Crippen LogP contribution is -2.06. The predicted octanol–water partition coefficient (Wildman–Crippen LogP) is 5.12. The van der Waals surface area contributed by atoms with E-state index in [1.807, 2.05) is 72.8 Å². The van der Waals surface area contributed by atoms with E-state index in [1.165, 1.54) is 0 Å². The van der Waals surface area contributed by atoms with E-state index in [2.05, 4.69) is 24.3 Å². The van der Waals surface area contributed by atoms with Crippen LogP contribution in [0.4, 0.5) is 0 Å². The third-order valence-electron chi connectivity index (χ3n) is 4.04. The van der Waals surface area contributed by atoms with Gasteiger partial charge in [-0.25, -0.2) is 0 Å². The molecule has 1 fully saturated rings.